The lowest BCUT2D eigenvalue weighted by atomic mass is 10.3. The average Bonchev–Trinajstić information content (AvgIpc) is 2.31. The van der Waals surface area contributed by atoms with Crippen molar-refractivity contribution in [2.75, 3.05) is 37.7 Å². The van der Waals surface area contributed by atoms with E-state index in [1.807, 2.05) is 57.2 Å². The van der Waals surface area contributed by atoms with Crippen molar-refractivity contribution in [2.24, 2.45) is 10.8 Å². The molecule has 0 aromatic heterocycles. The number of anilines is 2. The van der Waals surface area contributed by atoms with Crippen LogP contribution in [-0.4, -0.2) is 32.1 Å². The van der Waals surface area contributed by atoms with Crippen molar-refractivity contribution < 1.29 is 5.43 Å². The summed E-state index contributed by atoms with van der Waals surface area (Å²) in [6, 6.07) is 7.79. The zero-order chi connectivity index (χ0) is 14.0. The minimum Gasteiger partial charge on any atom is -0.399 e. The molecule has 0 bridgehead atoms. The molecule has 6 heteroatoms. The zero-order valence-corrected chi connectivity index (χ0v) is 12.4. The Morgan fingerprint density at radius 3 is 2.28 bits per heavy atom. The molecule has 1 aromatic carbocycles. The van der Waals surface area contributed by atoms with Crippen LogP contribution in [0.15, 0.2) is 29.4 Å². The quantitative estimate of drug-likeness (QED) is 0.186. The minimum absolute atomic E-state index is 0.614. The van der Waals surface area contributed by atoms with E-state index in [0.717, 1.165) is 10.7 Å². The summed E-state index contributed by atoms with van der Waals surface area (Å²) in [4.78, 5) is 2.04. The van der Waals surface area contributed by atoms with Gasteiger partial charge in [0.25, 0.3) is 0 Å². The maximum atomic E-state index is 5.51. The molecule has 102 valence electrons. The van der Waals surface area contributed by atoms with Gasteiger partial charge in [-0.2, -0.15) is 0 Å². The Kier molecular flexibility index (Phi) is 9.08. The van der Waals surface area contributed by atoms with E-state index >= 15 is 0 Å². The Morgan fingerprint density at radius 1 is 1.33 bits per heavy atom. The number of nitrogens with two attached hydrogens (primary N) is 3. The zero-order valence-electron chi connectivity index (χ0n) is 11.6. The van der Waals surface area contributed by atoms with Gasteiger partial charge in [-0.3, -0.25) is 0 Å². The molecule has 6 N–H and O–H groups in total. The molecule has 0 heterocycles. The normalized spacial score (nSPS) is 10.6. The lowest BCUT2D eigenvalue weighted by molar-refractivity contribution is -0.632. The molecule has 0 aliphatic carbocycles. The van der Waals surface area contributed by atoms with Crippen LogP contribution < -0.4 is 21.8 Å². The molecule has 0 aliphatic heterocycles. The van der Waals surface area contributed by atoms with Gasteiger partial charge < -0.3 is 16.4 Å². The summed E-state index contributed by atoms with van der Waals surface area (Å²) in [6.45, 7) is 1.94. The average molecular weight is 270 g/mol. The van der Waals surface area contributed by atoms with Gasteiger partial charge >= 0.3 is 0 Å². The first kappa shape index (κ1) is 16.8. The molecule has 0 radical (unpaired) electrons. The monoisotopic (exact) mass is 270 g/mol. The highest BCUT2D eigenvalue weighted by atomic mass is 32.2. The van der Waals surface area contributed by atoms with Crippen LogP contribution in [0.2, 0.25) is 0 Å². The van der Waals surface area contributed by atoms with E-state index < -0.39 is 0 Å². The Balaban J connectivity index is 0.000000331. The van der Waals surface area contributed by atoms with E-state index in [4.69, 9.17) is 11.5 Å². The first-order valence-electron chi connectivity index (χ1n) is 5.69. The molecule has 0 spiro atoms. The van der Waals surface area contributed by atoms with Crippen LogP contribution in [0.4, 0.5) is 11.4 Å². The van der Waals surface area contributed by atoms with Crippen LogP contribution in [0.25, 0.3) is 0 Å². The number of nitrogen functional groups attached to an aromatic ring is 1. The topological polar surface area (TPSA) is 84.2 Å². The van der Waals surface area contributed by atoms with E-state index in [1.165, 1.54) is 5.69 Å². The lowest BCUT2D eigenvalue weighted by Crippen LogP contribution is -2.73. The second kappa shape index (κ2) is 9.76. The van der Waals surface area contributed by atoms with Crippen LogP contribution in [0, 0.1) is 0 Å². The first-order valence-corrected chi connectivity index (χ1v) is 6.67. The van der Waals surface area contributed by atoms with Gasteiger partial charge in [-0.1, -0.05) is 16.9 Å². The molecule has 0 unspecified atom stereocenters. The second-order valence-corrected chi connectivity index (χ2v) is 4.92. The molecule has 0 saturated heterocycles. The van der Waals surface area contributed by atoms with Gasteiger partial charge in [-0.25, -0.2) is 5.43 Å². The molecule has 5 nitrogen and oxygen atoms in total. The number of rotatable bonds is 3. The Bertz CT molecular complexity index is 348. The first-order chi connectivity index (χ1) is 8.51. The fraction of sp³-hybridized carbons (Fsp3) is 0.417. The van der Waals surface area contributed by atoms with E-state index in [2.05, 4.69) is 5.10 Å². The molecule has 0 fully saturated rings. The van der Waals surface area contributed by atoms with E-state index in [-0.39, 0.29) is 0 Å². The van der Waals surface area contributed by atoms with E-state index in [9.17, 15) is 0 Å². The van der Waals surface area contributed by atoms with Gasteiger partial charge in [0.05, 0.1) is 7.05 Å². The second-order valence-electron chi connectivity index (χ2n) is 3.70. The Hall–Kier alpha value is -1.24. The van der Waals surface area contributed by atoms with Crippen molar-refractivity contribution in [1.29, 1.82) is 0 Å². The Morgan fingerprint density at radius 2 is 1.89 bits per heavy atom. The van der Waals surface area contributed by atoms with Crippen molar-refractivity contribution in [3.63, 3.8) is 0 Å². The maximum absolute atomic E-state index is 5.51. The van der Waals surface area contributed by atoms with Crippen molar-refractivity contribution in [3.8, 4) is 0 Å². The smallest absolute Gasteiger partial charge is 0.127 e. The molecule has 1 rings (SSSR count). The highest BCUT2D eigenvalue weighted by Crippen LogP contribution is 2.12. The number of nitrogens with zero attached hydrogens (tertiary/aromatic N) is 2. The molecule has 0 aliphatic rings. The third-order valence-corrected chi connectivity index (χ3v) is 2.70. The summed E-state index contributed by atoms with van der Waals surface area (Å²) in [5.74, 6) is 0.614. The highest BCUT2D eigenvalue weighted by Gasteiger charge is 1.91. The van der Waals surface area contributed by atoms with Crippen LogP contribution >= 0.6 is 11.8 Å². The van der Waals surface area contributed by atoms with Gasteiger partial charge in [0.1, 0.15) is 5.04 Å². The van der Waals surface area contributed by atoms with Gasteiger partial charge in [-0.05, 0) is 31.2 Å². The van der Waals surface area contributed by atoms with Crippen LogP contribution in [0.5, 0.6) is 0 Å². The van der Waals surface area contributed by atoms with Crippen LogP contribution in [0.3, 0.4) is 0 Å². The number of benzene rings is 1. The highest BCUT2D eigenvalue weighted by molar-refractivity contribution is 8.13. The Labute approximate surface area is 114 Å². The summed E-state index contributed by atoms with van der Waals surface area (Å²) in [7, 11) is 5.90. The minimum atomic E-state index is 0.614. The van der Waals surface area contributed by atoms with E-state index in [1.54, 1.807) is 17.2 Å². The van der Waals surface area contributed by atoms with Crippen molar-refractivity contribution in [1.82, 2.24) is 0 Å². The van der Waals surface area contributed by atoms with Gasteiger partial charge in [0.2, 0.25) is 0 Å². The van der Waals surface area contributed by atoms with E-state index in [0.29, 0.717) is 5.88 Å². The molecule has 0 atom stereocenters. The standard InChI is InChI=1S/C8H12N2.C4H11N3S/c1-10(2)8-5-3-7(9)4-6-8;1-4(7-6-2)8-3-5/h3-6H,9H2,1-2H3;6H,3,5H2,1-2H3/p+1/b;7-4-. The fourth-order valence-corrected chi connectivity index (χ4v) is 1.53. The van der Waals surface area contributed by atoms with Crippen molar-refractivity contribution >= 4 is 28.2 Å². The molecule has 1 aromatic rings. The van der Waals surface area contributed by atoms with Crippen LogP contribution in [-0.2, 0) is 0 Å². The molecule has 0 saturated carbocycles. The number of hydrogen-bond acceptors (Lipinski definition) is 5. The summed E-state index contributed by atoms with van der Waals surface area (Å²) >= 11 is 1.55. The van der Waals surface area contributed by atoms with Crippen molar-refractivity contribution in [2.45, 2.75) is 6.92 Å². The van der Waals surface area contributed by atoms with Crippen molar-refractivity contribution in [3.05, 3.63) is 24.3 Å². The predicted molar refractivity (Wildman–Crippen MR) is 82.8 cm³/mol. The largest absolute Gasteiger partial charge is 0.399 e. The number of thioether (sulfide) groups is 1. The third kappa shape index (κ3) is 7.94. The van der Waals surface area contributed by atoms with Gasteiger partial charge in [0.15, 0.2) is 0 Å². The SMILES string of the molecule is CN(C)c1ccc(N)cc1.C[NH2+]/N=C(/C)SCN. The summed E-state index contributed by atoms with van der Waals surface area (Å²) in [5, 5.41) is 5.01. The summed E-state index contributed by atoms with van der Waals surface area (Å²) in [5.41, 5.74) is 14.5. The fourth-order valence-electron chi connectivity index (χ4n) is 1.11. The van der Waals surface area contributed by atoms with Gasteiger partial charge in [0, 0.05) is 31.3 Å². The molecule has 0 amide bonds. The molecular weight excluding hydrogens is 246 g/mol. The summed E-state index contributed by atoms with van der Waals surface area (Å²) in [6.07, 6.45) is 0. The predicted octanol–water partition coefficient (Wildman–Crippen LogP) is 0.497. The van der Waals surface area contributed by atoms with Crippen LogP contribution in [0.1, 0.15) is 6.92 Å². The maximum Gasteiger partial charge on any atom is 0.127 e. The summed E-state index contributed by atoms with van der Waals surface area (Å²) < 4.78 is 0. The number of quaternary nitrogens is 1. The third-order valence-electron chi connectivity index (χ3n) is 2.01. The van der Waals surface area contributed by atoms with Gasteiger partial charge in [-0.15, -0.1) is 0 Å². The number of hydrogen-bond donors (Lipinski definition) is 3. The molecule has 18 heavy (non-hydrogen) atoms. The lowest BCUT2D eigenvalue weighted by Gasteiger charge is -2.11. The molecular formula is C12H24N5S+.